The van der Waals surface area contributed by atoms with Crippen molar-refractivity contribution in [3.63, 3.8) is 0 Å². The lowest BCUT2D eigenvalue weighted by atomic mass is 10.0. The van der Waals surface area contributed by atoms with Crippen LogP contribution >= 0.6 is 24.0 Å². The highest BCUT2D eigenvalue weighted by Crippen LogP contribution is 2.21. The van der Waals surface area contributed by atoms with Crippen LogP contribution in [0.1, 0.15) is 42.4 Å². The van der Waals surface area contributed by atoms with Gasteiger partial charge in [0.25, 0.3) is 0 Å². The van der Waals surface area contributed by atoms with E-state index in [1.54, 1.807) is 23.5 Å². The summed E-state index contributed by atoms with van der Waals surface area (Å²) >= 11 is 0. The van der Waals surface area contributed by atoms with Crippen molar-refractivity contribution >= 4 is 40.0 Å². The number of guanidine groups is 1. The molecule has 1 fully saturated rings. The highest BCUT2D eigenvalue weighted by Gasteiger charge is 2.26. The molecule has 6 nitrogen and oxygen atoms in total. The Morgan fingerprint density at radius 1 is 1.03 bits per heavy atom. The lowest BCUT2D eigenvalue weighted by molar-refractivity contribution is 0.477. The van der Waals surface area contributed by atoms with Gasteiger partial charge in [0.1, 0.15) is 0 Å². The molecule has 1 atom stereocenters. The van der Waals surface area contributed by atoms with Crippen LogP contribution in [0.25, 0.3) is 0 Å². The molecule has 0 saturated carbocycles. The molecule has 170 valence electrons. The predicted molar refractivity (Wildman–Crippen MR) is 138 cm³/mol. The fourth-order valence-corrected chi connectivity index (χ4v) is 5.04. The summed E-state index contributed by atoms with van der Waals surface area (Å²) in [6.45, 7) is 6.86. The predicted octanol–water partition coefficient (Wildman–Crippen LogP) is 3.87. The number of benzene rings is 2. The highest BCUT2D eigenvalue weighted by atomic mass is 127. The van der Waals surface area contributed by atoms with Crippen molar-refractivity contribution in [1.29, 1.82) is 0 Å². The van der Waals surface area contributed by atoms with E-state index in [1.807, 2.05) is 12.1 Å². The Labute approximate surface area is 203 Å². The largest absolute Gasteiger partial charge is 0.356 e. The van der Waals surface area contributed by atoms with E-state index in [4.69, 9.17) is 0 Å². The fraction of sp³-hybridized carbons (Fsp3) is 0.435. The van der Waals surface area contributed by atoms with Crippen LogP contribution in [0.2, 0.25) is 0 Å². The van der Waals surface area contributed by atoms with Crippen molar-refractivity contribution in [3.05, 3.63) is 65.2 Å². The smallest absolute Gasteiger partial charge is 0.243 e. The molecule has 8 heteroatoms. The van der Waals surface area contributed by atoms with Gasteiger partial charge in [-0.3, -0.25) is 4.99 Å². The Balaban J connectivity index is 0.00000341. The molecule has 1 aliphatic heterocycles. The van der Waals surface area contributed by atoms with Crippen molar-refractivity contribution < 1.29 is 8.42 Å². The molecule has 0 bridgehead atoms. The van der Waals surface area contributed by atoms with Gasteiger partial charge in [0.05, 0.1) is 4.90 Å². The van der Waals surface area contributed by atoms with Crippen molar-refractivity contribution in [3.8, 4) is 0 Å². The van der Waals surface area contributed by atoms with Crippen LogP contribution in [0.3, 0.4) is 0 Å². The zero-order valence-corrected chi connectivity index (χ0v) is 21.6. The van der Waals surface area contributed by atoms with Gasteiger partial charge in [-0.15, -0.1) is 24.0 Å². The van der Waals surface area contributed by atoms with Gasteiger partial charge in [0.2, 0.25) is 10.0 Å². The maximum absolute atomic E-state index is 12.6. The summed E-state index contributed by atoms with van der Waals surface area (Å²) in [5.74, 6) is 1.09. The lowest BCUT2D eigenvalue weighted by Gasteiger charge is -2.17. The van der Waals surface area contributed by atoms with E-state index >= 15 is 0 Å². The minimum Gasteiger partial charge on any atom is -0.356 e. The summed E-state index contributed by atoms with van der Waals surface area (Å²) in [4.78, 5) is 4.65. The third kappa shape index (κ3) is 6.92. The second-order valence-electron chi connectivity index (χ2n) is 7.87. The number of halogens is 1. The van der Waals surface area contributed by atoms with Crippen LogP contribution < -0.4 is 10.6 Å². The molecule has 0 amide bonds. The van der Waals surface area contributed by atoms with E-state index in [0.29, 0.717) is 30.4 Å². The summed E-state index contributed by atoms with van der Waals surface area (Å²) in [5.41, 5.74) is 3.55. The number of hydrogen-bond donors (Lipinski definition) is 2. The fourth-order valence-electron chi connectivity index (χ4n) is 3.53. The van der Waals surface area contributed by atoms with Gasteiger partial charge in [-0.05, 0) is 48.9 Å². The summed E-state index contributed by atoms with van der Waals surface area (Å²) in [6.07, 6.45) is 1.88. The Morgan fingerprint density at radius 2 is 1.65 bits per heavy atom. The van der Waals surface area contributed by atoms with E-state index in [9.17, 15) is 8.42 Å². The molecule has 2 aromatic rings. The third-order valence-corrected chi connectivity index (χ3v) is 7.44. The molecule has 0 spiro atoms. The molecule has 1 saturated heterocycles. The van der Waals surface area contributed by atoms with Crippen LogP contribution in [0, 0.1) is 6.92 Å². The third-order valence-electron chi connectivity index (χ3n) is 5.53. The first-order valence-electron chi connectivity index (χ1n) is 10.5. The SMILES string of the molecule is CN=C(NCc1ccc(S(=O)(=O)N2CCCC2)cc1)NCC(C)c1ccc(C)cc1.I. The van der Waals surface area contributed by atoms with Crippen LogP contribution in [0.15, 0.2) is 58.4 Å². The zero-order chi connectivity index (χ0) is 21.6. The van der Waals surface area contributed by atoms with Gasteiger partial charge in [-0.1, -0.05) is 48.9 Å². The number of nitrogens with one attached hydrogen (secondary N) is 2. The molecule has 1 unspecified atom stereocenters. The number of hydrogen-bond acceptors (Lipinski definition) is 3. The Bertz CT molecular complexity index is 954. The topological polar surface area (TPSA) is 73.8 Å². The summed E-state index contributed by atoms with van der Waals surface area (Å²) in [6, 6.07) is 15.7. The molecule has 3 rings (SSSR count). The van der Waals surface area contributed by atoms with Crippen molar-refractivity contribution in [2.75, 3.05) is 26.7 Å². The van der Waals surface area contributed by atoms with Crippen LogP contribution in [0.4, 0.5) is 0 Å². The van der Waals surface area contributed by atoms with E-state index in [2.05, 4.69) is 53.7 Å². The average Bonchev–Trinajstić information content (AvgIpc) is 3.30. The second kappa shape index (κ2) is 11.8. The molecule has 0 radical (unpaired) electrons. The molecule has 1 heterocycles. The minimum absolute atomic E-state index is 0. The first kappa shape index (κ1) is 25.6. The normalized spacial score (nSPS) is 15.9. The quantitative estimate of drug-likeness (QED) is 0.309. The molecular formula is C23H33IN4O2S. The number of sulfonamides is 1. The minimum atomic E-state index is -3.36. The molecule has 1 aliphatic rings. The number of aryl methyl sites for hydroxylation is 1. The van der Waals surface area contributed by atoms with Gasteiger partial charge in [-0.2, -0.15) is 4.31 Å². The van der Waals surface area contributed by atoms with Crippen molar-refractivity contribution in [2.45, 2.75) is 44.0 Å². The van der Waals surface area contributed by atoms with Gasteiger partial charge in [-0.25, -0.2) is 8.42 Å². The Hall–Kier alpha value is -1.65. The Kier molecular flexibility index (Phi) is 9.77. The van der Waals surface area contributed by atoms with Crippen LogP contribution in [-0.2, 0) is 16.6 Å². The van der Waals surface area contributed by atoms with Gasteiger partial charge in [0, 0.05) is 33.2 Å². The highest BCUT2D eigenvalue weighted by molar-refractivity contribution is 14.0. The van der Waals surface area contributed by atoms with E-state index in [-0.39, 0.29) is 24.0 Å². The molecular weight excluding hydrogens is 523 g/mol. The average molecular weight is 557 g/mol. The van der Waals surface area contributed by atoms with Gasteiger partial charge >= 0.3 is 0 Å². The maximum Gasteiger partial charge on any atom is 0.243 e. The second-order valence-corrected chi connectivity index (χ2v) is 9.81. The zero-order valence-electron chi connectivity index (χ0n) is 18.5. The van der Waals surface area contributed by atoms with Crippen LogP contribution in [-0.4, -0.2) is 45.4 Å². The summed E-state index contributed by atoms with van der Waals surface area (Å²) in [7, 11) is -1.61. The monoisotopic (exact) mass is 556 g/mol. The lowest BCUT2D eigenvalue weighted by Crippen LogP contribution is -2.38. The van der Waals surface area contributed by atoms with E-state index in [1.165, 1.54) is 11.1 Å². The Morgan fingerprint density at radius 3 is 2.23 bits per heavy atom. The standard InChI is InChI=1S/C23H32N4O2S.HI/c1-18-6-10-21(11-7-18)19(2)16-25-23(24-3)26-17-20-8-12-22(13-9-20)30(28,29)27-14-4-5-15-27;/h6-13,19H,4-5,14-17H2,1-3H3,(H2,24,25,26);1H. The maximum atomic E-state index is 12.6. The van der Waals surface area contributed by atoms with Crippen molar-refractivity contribution in [1.82, 2.24) is 14.9 Å². The molecule has 0 aromatic heterocycles. The van der Waals surface area contributed by atoms with Gasteiger partial charge in [0.15, 0.2) is 5.96 Å². The van der Waals surface area contributed by atoms with E-state index in [0.717, 1.165) is 30.9 Å². The number of nitrogens with zero attached hydrogens (tertiary/aromatic N) is 2. The van der Waals surface area contributed by atoms with E-state index < -0.39 is 10.0 Å². The van der Waals surface area contributed by atoms with Crippen LogP contribution in [0.5, 0.6) is 0 Å². The molecule has 0 aliphatic carbocycles. The number of rotatable bonds is 7. The molecule has 31 heavy (non-hydrogen) atoms. The summed E-state index contributed by atoms with van der Waals surface area (Å²) in [5, 5.41) is 6.66. The molecule has 2 aromatic carbocycles. The summed E-state index contributed by atoms with van der Waals surface area (Å²) < 4.78 is 26.8. The molecule has 2 N–H and O–H groups in total. The van der Waals surface area contributed by atoms with Gasteiger partial charge < -0.3 is 10.6 Å². The van der Waals surface area contributed by atoms with Crippen molar-refractivity contribution in [2.24, 2.45) is 4.99 Å². The number of aliphatic imine (C=N–C) groups is 1. The first-order chi connectivity index (χ1) is 14.4. The first-order valence-corrected chi connectivity index (χ1v) is 11.9.